The molecule has 0 radical (unpaired) electrons. The molecule has 0 nitrogen and oxygen atoms in total. The van der Waals surface area contributed by atoms with Crippen LogP contribution in [0.3, 0.4) is 0 Å². The summed E-state index contributed by atoms with van der Waals surface area (Å²) in [5, 5.41) is 0. The largest absolute Gasteiger partial charge is 0.0654 e. The first kappa shape index (κ1) is 8.59. The zero-order chi connectivity index (χ0) is 8.77. The van der Waals surface area contributed by atoms with E-state index in [-0.39, 0.29) is 0 Å². The van der Waals surface area contributed by atoms with Crippen molar-refractivity contribution in [3.63, 3.8) is 0 Å². The summed E-state index contributed by atoms with van der Waals surface area (Å²) >= 11 is 0. The van der Waals surface area contributed by atoms with Crippen LogP contribution in [0.5, 0.6) is 0 Å². The molecule has 2 saturated carbocycles. The summed E-state index contributed by atoms with van der Waals surface area (Å²) < 4.78 is 0. The molecule has 2 fully saturated rings. The highest BCUT2D eigenvalue weighted by Gasteiger charge is 2.58. The standard InChI is InChI=1S/C12H22/c1-4-6-12(3)8-9(5-2)10-7-11(10)12/h9-11H,4-8H2,1-3H3. The van der Waals surface area contributed by atoms with Gasteiger partial charge in [0, 0.05) is 0 Å². The zero-order valence-corrected chi connectivity index (χ0v) is 8.77. The van der Waals surface area contributed by atoms with E-state index in [0.717, 1.165) is 23.2 Å². The van der Waals surface area contributed by atoms with Gasteiger partial charge in [0.1, 0.15) is 0 Å². The fourth-order valence-electron chi connectivity index (χ4n) is 3.74. The van der Waals surface area contributed by atoms with Crippen LogP contribution in [-0.2, 0) is 0 Å². The Kier molecular flexibility index (Phi) is 1.97. The molecule has 4 atom stereocenters. The van der Waals surface area contributed by atoms with Crippen LogP contribution in [0, 0.1) is 23.2 Å². The Morgan fingerprint density at radius 1 is 1.33 bits per heavy atom. The van der Waals surface area contributed by atoms with Gasteiger partial charge in [0.05, 0.1) is 0 Å². The van der Waals surface area contributed by atoms with Crippen molar-refractivity contribution in [2.45, 2.75) is 52.9 Å². The van der Waals surface area contributed by atoms with Crippen LogP contribution in [0.25, 0.3) is 0 Å². The molecule has 2 aliphatic rings. The van der Waals surface area contributed by atoms with Crippen molar-refractivity contribution in [2.75, 3.05) is 0 Å². The minimum atomic E-state index is 0.750. The maximum Gasteiger partial charge on any atom is -0.0292 e. The van der Waals surface area contributed by atoms with Crippen molar-refractivity contribution >= 4 is 0 Å². The third-order valence-electron chi connectivity index (χ3n) is 4.41. The van der Waals surface area contributed by atoms with E-state index in [2.05, 4.69) is 20.8 Å². The molecule has 0 aromatic carbocycles. The van der Waals surface area contributed by atoms with Crippen LogP contribution in [0.2, 0.25) is 0 Å². The van der Waals surface area contributed by atoms with Crippen LogP contribution in [-0.4, -0.2) is 0 Å². The Morgan fingerprint density at radius 2 is 2.08 bits per heavy atom. The van der Waals surface area contributed by atoms with Gasteiger partial charge in [0.15, 0.2) is 0 Å². The quantitative estimate of drug-likeness (QED) is 0.597. The fraction of sp³-hybridized carbons (Fsp3) is 1.00. The first-order valence-electron chi connectivity index (χ1n) is 5.71. The summed E-state index contributed by atoms with van der Waals surface area (Å²) in [7, 11) is 0. The van der Waals surface area contributed by atoms with Crippen molar-refractivity contribution in [3.8, 4) is 0 Å². The first-order valence-corrected chi connectivity index (χ1v) is 5.71. The second-order valence-electron chi connectivity index (χ2n) is 5.28. The summed E-state index contributed by atoms with van der Waals surface area (Å²) in [6.07, 6.45) is 7.39. The van der Waals surface area contributed by atoms with Gasteiger partial charge in [0.2, 0.25) is 0 Å². The van der Waals surface area contributed by atoms with Crippen LogP contribution in [0.4, 0.5) is 0 Å². The Labute approximate surface area is 76.7 Å². The molecule has 2 rings (SSSR count). The Bertz CT molecular complexity index is 173. The molecule has 0 bridgehead atoms. The lowest BCUT2D eigenvalue weighted by atomic mass is 9.78. The maximum atomic E-state index is 2.54. The molecule has 0 heterocycles. The van der Waals surface area contributed by atoms with Crippen LogP contribution in [0.15, 0.2) is 0 Å². The molecule has 70 valence electrons. The van der Waals surface area contributed by atoms with Crippen LogP contribution >= 0.6 is 0 Å². The monoisotopic (exact) mass is 166 g/mol. The topological polar surface area (TPSA) is 0 Å². The third kappa shape index (κ3) is 1.11. The summed E-state index contributed by atoms with van der Waals surface area (Å²) in [5.74, 6) is 3.36. The fourth-order valence-corrected chi connectivity index (χ4v) is 3.74. The molecular weight excluding hydrogens is 144 g/mol. The third-order valence-corrected chi connectivity index (χ3v) is 4.41. The smallest absolute Gasteiger partial charge is 0.0292 e. The molecular formula is C12H22. The van der Waals surface area contributed by atoms with E-state index in [1.807, 2.05) is 0 Å². The second kappa shape index (κ2) is 2.75. The predicted octanol–water partition coefficient (Wildman–Crippen LogP) is 3.86. The number of hydrogen-bond acceptors (Lipinski definition) is 0. The molecule has 4 unspecified atom stereocenters. The number of hydrogen-bond donors (Lipinski definition) is 0. The molecule has 0 spiro atoms. The Hall–Kier alpha value is 0. The molecule has 0 aromatic rings. The maximum absolute atomic E-state index is 2.54. The van der Waals surface area contributed by atoms with E-state index in [1.54, 1.807) is 6.42 Å². The molecule has 2 aliphatic carbocycles. The van der Waals surface area contributed by atoms with Gasteiger partial charge in [0.25, 0.3) is 0 Å². The highest BCUT2D eigenvalue weighted by molar-refractivity contribution is 5.07. The SMILES string of the molecule is CCCC1(C)CC(CC)C2CC21. The van der Waals surface area contributed by atoms with Gasteiger partial charge < -0.3 is 0 Å². The highest BCUT2D eigenvalue weighted by Crippen LogP contribution is 2.66. The van der Waals surface area contributed by atoms with Crippen molar-refractivity contribution in [2.24, 2.45) is 23.2 Å². The van der Waals surface area contributed by atoms with E-state index < -0.39 is 0 Å². The van der Waals surface area contributed by atoms with Gasteiger partial charge in [-0.3, -0.25) is 0 Å². The van der Waals surface area contributed by atoms with Gasteiger partial charge in [-0.25, -0.2) is 0 Å². The average Bonchev–Trinajstić information content (AvgIpc) is 2.76. The van der Waals surface area contributed by atoms with Crippen molar-refractivity contribution in [1.29, 1.82) is 0 Å². The lowest BCUT2D eigenvalue weighted by Gasteiger charge is -2.27. The summed E-state index contributed by atoms with van der Waals surface area (Å²) in [5.41, 5.74) is 0.750. The van der Waals surface area contributed by atoms with Crippen molar-refractivity contribution in [3.05, 3.63) is 0 Å². The second-order valence-corrected chi connectivity index (χ2v) is 5.28. The minimum Gasteiger partial charge on any atom is -0.0654 e. The Morgan fingerprint density at radius 3 is 2.58 bits per heavy atom. The predicted molar refractivity (Wildman–Crippen MR) is 53.0 cm³/mol. The molecule has 0 N–H and O–H groups in total. The van der Waals surface area contributed by atoms with E-state index in [0.29, 0.717) is 0 Å². The molecule has 0 amide bonds. The van der Waals surface area contributed by atoms with E-state index in [1.165, 1.54) is 25.7 Å². The lowest BCUT2D eigenvalue weighted by molar-refractivity contribution is 0.237. The number of fused-ring (bicyclic) bond motifs is 1. The van der Waals surface area contributed by atoms with E-state index >= 15 is 0 Å². The lowest BCUT2D eigenvalue weighted by Crippen LogP contribution is -2.16. The van der Waals surface area contributed by atoms with E-state index in [9.17, 15) is 0 Å². The van der Waals surface area contributed by atoms with Gasteiger partial charge in [-0.2, -0.15) is 0 Å². The number of rotatable bonds is 3. The molecule has 0 saturated heterocycles. The first-order chi connectivity index (χ1) is 5.71. The van der Waals surface area contributed by atoms with Crippen LogP contribution < -0.4 is 0 Å². The summed E-state index contributed by atoms with van der Waals surface area (Å²) in [4.78, 5) is 0. The minimum absolute atomic E-state index is 0.750. The van der Waals surface area contributed by atoms with Crippen molar-refractivity contribution in [1.82, 2.24) is 0 Å². The van der Waals surface area contributed by atoms with Gasteiger partial charge in [-0.15, -0.1) is 0 Å². The van der Waals surface area contributed by atoms with Gasteiger partial charge in [-0.05, 0) is 42.4 Å². The highest BCUT2D eigenvalue weighted by atomic mass is 14.6. The molecule has 0 aliphatic heterocycles. The molecule has 0 aromatic heterocycles. The zero-order valence-electron chi connectivity index (χ0n) is 8.77. The molecule has 0 heteroatoms. The summed E-state index contributed by atoms with van der Waals surface area (Å²) in [6.45, 7) is 7.25. The Balaban J connectivity index is 2.01. The molecule has 12 heavy (non-hydrogen) atoms. The normalized spacial score (nSPS) is 50.8. The van der Waals surface area contributed by atoms with Gasteiger partial charge >= 0.3 is 0 Å². The van der Waals surface area contributed by atoms with Crippen LogP contribution in [0.1, 0.15) is 52.9 Å². The van der Waals surface area contributed by atoms with E-state index in [4.69, 9.17) is 0 Å². The summed E-state index contributed by atoms with van der Waals surface area (Å²) in [6, 6.07) is 0. The van der Waals surface area contributed by atoms with Gasteiger partial charge in [-0.1, -0.05) is 33.6 Å². The van der Waals surface area contributed by atoms with Crippen molar-refractivity contribution < 1.29 is 0 Å². The average molecular weight is 166 g/mol.